The van der Waals surface area contributed by atoms with E-state index in [1.54, 1.807) is 12.5 Å². The van der Waals surface area contributed by atoms with Crippen LogP contribution < -0.4 is 5.32 Å². The Labute approximate surface area is 168 Å². The second kappa shape index (κ2) is 7.20. The fourth-order valence-corrected chi connectivity index (χ4v) is 3.72. The molecule has 0 saturated heterocycles. The third-order valence-electron chi connectivity index (χ3n) is 5.07. The molecule has 1 amide bonds. The van der Waals surface area contributed by atoms with Gasteiger partial charge in [-0.15, -0.1) is 0 Å². The Hall–Kier alpha value is -3.99. The minimum Gasteiger partial charge on any atom is -0.345 e. The lowest BCUT2D eigenvalue weighted by Gasteiger charge is -2.15. The minimum atomic E-state index is -0.469. The van der Waals surface area contributed by atoms with E-state index in [1.165, 1.54) is 0 Å². The molecule has 5 rings (SSSR count). The van der Waals surface area contributed by atoms with Crippen molar-refractivity contribution in [3.05, 3.63) is 103 Å². The SMILES string of the molecule is O=C1Nc2ccccc2C1C(=Nc1ccccc1-c1cnc[nH]1)c1ccccc1. The molecule has 2 heterocycles. The van der Waals surface area contributed by atoms with Crippen LogP contribution in [0.2, 0.25) is 0 Å². The Bertz CT molecular complexity index is 1200. The summed E-state index contributed by atoms with van der Waals surface area (Å²) in [6.07, 6.45) is 3.42. The van der Waals surface area contributed by atoms with Crippen LogP contribution in [0, 0.1) is 0 Å². The molecule has 5 heteroatoms. The van der Waals surface area contributed by atoms with Gasteiger partial charge in [-0.25, -0.2) is 4.98 Å². The third-order valence-corrected chi connectivity index (χ3v) is 5.07. The summed E-state index contributed by atoms with van der Waals surface area (Å²) < 4.78 is 0. The summed E-state index contributed by atoms with van der Waals surface area (Å²) in [6.45, 7) is 0. The van der Waals surface area contributed by atoms with Gasteiger partial charge in [0, 0.05) is 11.3 Å². The Morgan fingerprint density at radius 2 is 1.66 bits per heavy atom. The van der Waals surface area contributed by atoms with Crippen molar-refractivity contribution < 1.29 is 4.79 Å². The lowest BCUT2D eigenvalue weighted by Crippen LogP contribution is -2.22. The predicted octanol–water partition coefficient (Wildman–Crippen LogP) is 4.93. The molecule has 0 radical (unpaired) electrons. The number of aliphatic imine (C=N–C) groups is 1. The number of amides is 1. The molecule has 0 spiro atoms. The Morgan fingerprint density at radius 3 is 2.48 bits per heavy atom. The number of carbonyl (C=O) groups excluding carboxylic acids is 1. The second-order valence-corrected chi connectivity index (χ2v) is 6.86. The number of hydrogen-bond donors (Lipinski definition) is 2. The molecule has 1 aliphatic heterocycles. The summed E-state index contributed by atoms with van der Waals surface area (Å²) in [5, 5.41) is 2.99. The van der Waals surface area contributed by atoms with Crippen molar-refractivity contribution in [2.24, 2.45) is 4.99 Å². The molecule has 0 fully saturated rings. The van der Waals surface area contributed by atoms with Crippen molar-refractivity contribution in [3.63, 3.8) is 0 Å². The average molecular weight is 378 g/mol. The van der Waals surface area contributed by atoms with Gasteiger partial charge in [0.05, 0.1) is 29.6 Å². The first-order valence-corrected chi connectivity index (χ1v) is 9.43. The first-order chi connectivity index (χ1) is 14.3. The van der Waals surface area contributed by atoms with E-state index in [9.17, 15) is 4.79 Å². The van der Waals surface area contributed by atoms with Gasteiger partial charge in [-0.2, -0.15) is 0 Å². The van der Waals surface area contributed by atoms with Crippen molar-refractivity contribution in [1.82, 2.24) is 9.97 Å². The van der Waals surface area contributed by atoms with Gasteiger partial charge in [0.15, 0.2) is 0 Å². The highest BCUT2D eigenvalue weighted by Crippen LogP contribution is 2.37. The van der Waals surface area contributed by atoms with E-state index in [2.05, 4.69) is 15.3 Å². The van der Waals surface area contributed by atoms with Crippen molar-refractivity contribution in [2.75, 3.05) is 5.32 Å². The molecule has 1 atom stereocenters. The van der Waals surface area contributed by atoms with Gasteiger partial charge < -0.3 is 10.3 Å². The number of aromatic amines is 1. The molecule has 0 bridgehead atoms. The minimum absolute atomic E-state index is 0.0622. The molecule has 5 nitrogen and oxygen atoms in total. The molecule has 3 aromatic carbocycles. The van der Waals surface area contributed by atoms with Crippen LogP contribution in [0.25, 0.3) is 11.3 Å². The van der Waals surface area contributed by atoms with E-state index in [4.69, 9.17) is 4.99 Å². The molecule has 1 aliphatic rings. The molecular weight excluding hydrogens is 360 g/mol. The smallest absolute Gasteiger partial charge is 0.238 e. The zero-order valence-corrected chi connectivity index (χ0v) is 15.5. The molecular formula is C24H18N4O. The normalized spacial score (nSPS) is 15.8. The highest BCUT2D eigenvalue weighted by molar-refractivity contribution is 6.24. The summed E-state index contributed by atoms with van der Waals surface area (Å²) in [6, 6.07) is 25.5. The Kier molecular flexibility index (Phi) is 4.26. The van der Waals surface area contributed by atoms with Gasteiger partial charge in [-0.3, -0.25) is 9.79 Å². The fraction of sp³-hybridized carbons (Fsp3) is 0.0417. The number of nitrogens with one attached hydrogen (secondary N) is 2. The molecule has 29 heavy (non-hydrogen) atoms. The monoisotopic (exact) mass is 378 g/mol. The van der Waals surface area contributed by atoms with Crippen LogP contribution in [0.3, 0.4) is 0 Å². The number of aromatic nitrogens is 2. The number of hydrogen-bond acceptors (Lipinski definition) is 3. The number of imidazole rings is 1. The molecule has 0 saturated carbocycles. The van der Waals surface area contributed by atoms with Gasteiger partial charge in [-0.1, -0.05) is 66.7 Å². The number of rotatable bonds is 4. The van der Waals surface area contributed by atoms with Crippen LogP contribution in [0.4, 0.5) is 11.4 Å². The number of fused-ring (bicyclic) bond motifs is 1. The number of anilines is 1. The standard InChI is InChI=1S/C24H18N4O/c29-24-22(18-11-5-7-13-20(18)28-24)23(16-8-2-1-3-9-16)27-19-12-6-4-10-17(19)21-14-25-15-26-21/h1-15,22H,(H,25,26)(H,28,29). The van der Waals surface area contributed by atoms with E-state index in [-0.39, 0.29) is 5.91 Å². The summed E-state index contributed by atoms with van der Waals surface area (Å²) in [5.41, 5.74) is 6.03. The third kappa shape index (κ3) is 3.12. The van der Waals surface area contributed by atoms with Gasteiger partial charge in [0.25, 0.3) is 0 Å². The molecule has 140 valence electrons. The maximum Gasteiger partial charge on any atom is 0.238 e. The summed E-state index contributed by atoms with van der Waals surface area (Å²) >= 11 is 0. The van der Waals surface area contributed by atoms with Gasteiger partial charge in [0.1, 0.15) is 5.92 Å². The number of para-hydroxylation sites is 2. The van der Waals surface area contributed by atoms with E-state index in [0.29, 0.717) is 0 Å². The first kappa shape index (κ1) is 17.1. The van der Waals surface area contributed by atoms with Crippen molar-refractivity contribution in [2.45, 2.75) is 5.92 Å². The van der Waals surface area contributed by atoms with E-state index >= 15 is 0 Å². The molecule has 1 unspecified atom stereocenters. The van der Waals surface area contributed by atoms with Gasteiger partial charge in [-0.05, 0) is 23.3 Å². The van der Waals surface area contributed by atoms with Crippen LogP contribution in [0.5, 0.6) is 0 Å². The van der Waals surface area contributed by atoms with Crippen LogP contribution in [0.15, 0.2) is 96.4 Å². The number of nitrogens with zero attached hydrogens (tertiary/aromatic N) is 2. The first-order valence-electron chi connectivity index (χ1n) is 9.43. The highest BCUT2D eigenvalue weighted by Gasteiger charge is 2.35. The zero-order valence-electron chi connectivity index (χ0n) is 15.5. The van der Waals surface area contributed by atoms with Crippen molar-refractivity contribution in [1.29, 1.82) is 0 Å². The van der Waals surface area contributed by atoms with Crippen molar-refractivity contribution in [3.8, 4) is 11.3 Å². The summed E-state index contributed by atoms with van der Waals surface area (Å²) in [4.78, 5) is 25.2. The average Bonchev–Trinajstić information content (AvgIpc) is 3.40. The second-order valence-electron chi connectivity index (χ2n) is 6.86. The number of H-pyrrole nitrogens is 1. The highest BCUT2D eigenvalue weighted by atomic mass is 16.2. The van der Waals surface area contributed by atoms with E-state index < -0.39 is 5.92 Å². The van der Waals surface area contributed by atoms with Gasteiger partial charge >= 0.3 is 0 Å². The molecule has 4 aromatic rings. The summed E-state index contributed by atoms with van der Waals surface area (Å²) in [5.74, 6) is -0.531. The van der Waals surface area contributed by atoms with Crippen LogP contribution in [-0.2, 0) is 4.79 Å². The molecule has 1 aromatic heterocycles. The maximum absolute atomic E-state index is 12.9. The zero-order chi connectivity index (χ0) is 19.6. The maximum atomic E-state index is 12.9. The Balaban J connectivity index is 1.71. The lowest BCUT2D eigenvalue weighted by atomic mass is 9.90. The van der Waals surface area contributed by atoms with E-state index in [1.807, 2.05) is 78.9 Å². The van der Waals surface area contributed by atoms with Crippen LogP contribution in [-0.4, -0.2) is 21.6 Å². The Morgan fingerprint density at radius 1 is 0.897 bits per heavy atom. The van der Waals surface area contributed by atoms with Gasteiger partial charge in [0.2, 0.25) is 5.91 Å². The fourth-order valence-electron chi connectivity index (χ4n) is 3.72. The lowest BCUT2D eigenvalue weighted by molar-refractivity contribution is -0.115. The van der Waals surface area contributed by atoms with Crippen molar-refractivity contribution >= 4 is 23.0 Å². The van der Waals surface area contributed by atoms with Crippen LogP contribution >= 0.6 is 0 Å². The molecule has 0 aliphatic carbocycles. The number of carbonyl (C=O) groups is 1. The topological polar surface area (TPSA) is 70.1 Å². The predicted molar refractivity (Wildman–Crippen MR) is 114 cm³/mol. The molecule has 2 N–H and O–H groups in total. The quantitative estimate of drug-likeness (QED) is 0.494. The summed E-state index contributed by atoms with van der Waals surface area (Å²) in [7, 11) is 0. The van der Waals surface area contributed by atoms with E-state index in [0.717, 1.165) is 39.5 Å². The largest absolute Gasteiger partial charge is 0.345 e. The number of benzene rings is 3. The van der Waals surface area contributed by atoms with Crippen LogP contribution in [0.1, 0.15) is 17.0 Å².